The highest BCUT2D eigenvalue weighted by Gasteiger charge is 2.29. The lowest BCUT2D eigenvalue weighted by Gasteiger charge is -2.33. The van der Waals surface area contributed by atoms with Crippen molar-refractivity contribution in [3.05, 3.63) is 66.0 Å². The molecule has 0 unspecified atom stereocenters. The van der Waals surface area contributed by atoms with Gasteiger partial charge in [0.05, 0.1) is 12.2 Å². The molecule has 3 aromatic rings. The normalized spacial score (nSPS) is 16.1. The summed E-state index contributed by atoms with van der Waals surface area (Å²) in [7, 11) is 0. The molecule has 132 valence electrons. The van der Waals surface area contributed by atoms with Gasteiger partial charge in [-0.2, -0.15) is 5.10 Å². The molecule has 26 heavy (non-hydrogen) atoms. The van der Waals surface area contributed by atoms with E-state index in [0.29, 0.717) is 18.0 Å². The maximum Gasteiger partial charge on any atom is 0.258 e. The summed E-state index contributed by atoms with van der Waals surface area (Å²) in [6.45, 7) is 4.26. The zero-order chi connectivity index (χ0) is 18.3. The third kappa shape index (κ3) is 2.81. The lowest BCUT2D eigenvalue weighted by atomic mass is 10.1. The van der Waals surface area contributed by atoms with E-state index >= 15 is 0 Å². The van der Waals surface area contributed by atoms with Crippen LogP contribution in [-0.2, 0) is 0 Å². The summed E-state index contributed by atoms with van der Waals surface area (Å²) in [5.74, 6) is -0.148. The van der Waals surface area contributed by atoms with Crippen LogP contribution in [0.5, 0.6) is 5.75 Å². The second-order valence-electron chi connectivity index (χ2n) is 6.32. The Morgan fingerprint density at radius 1 is 1.23 bits per heavy atom. The zero-order valence-electron chi connectivity index (χ0n) is 14.4. The number of rotatable bonds is 2. The molecule has 0 aliphatic carbocycles. The number of aromatic nitrogens is 3. The van der Waals surface area contributed by atoms with Crippen molar-refractivity contribution < 1.29 is 13.9 Å². The molecule has 0 bridgehead atoms. The topological polar surface area (TPSA) is 60.2 Å². The summed E-state index contributed by atoms with van der Waals surface area (Å²) in [5.41, 5.74) is 2.24. The van der Waals surface area contributed by atoms with Crippen molar-refractivity contribution in [2.75, 3.05) is 11.4 Å². The molecule has 2 heterocycles. The Labute approximate surface area is 149 Å². The van der Waals surface area contributed by atoms with Crippen LogP contribution in [0.1, 0.15) is 22.8 Å². The van der Waals surface area contributed by atoms with Gasteiger partial charge < -0.3 is 9.64 Å². The summed E-state index contributed by atoms with van der Waals surface area (Å²) in [4.78, 5) is 18.5. The lowest BCUT2D eigenvalue weighted by Crippen LogP contribution is -2.42. The predicted molar refractivity (Wildman–Crippen MR) is 94.3 cm³/mol. The number of fused-ring (bicyclic) bond motifs is 1. The first-order valence-electron chi connectivity index (χ1n) is 8.26. The zero-order valence-corrected chi connectivity index (χ0v) is 14.4. The van der Waals surface area contributed by atoms with E-state index in [4.69, 9.17) is 4.74 Å². The van der Waals surface area contributed by atoms with E-state index in [0.717, 1.165) is 5.56 Å². The number of ether oxygens (including phenoxy) is 1. The second kappa shape index (κ2) is 6.25. The van der Waals surface area contributed by atoms with Crippen LogP contribution in [0.4, 0.5) is 10.1 Å². The SMILES string of the molecule is Cc1ccc2c(c1)N(C(=O)c1ccc(-n3cncn3)c(F)c1)C[C@@H](C)O2. The molecular weight excluding hydrogens is 335 g/mol. The molecule has 0 saturated heterocycles. The van der Waals surface area contributed by atoms with Crippen molar-refractivity contribution in [2.45, 2.75) is 20.0 Å². The number of nitrogens with zero attached hydrogens (tertiary/aromatic N) is 4. The van der Waals surface area contributed by atoms with E-state index in [-0.39, 0.29) is 23.3 Å². The highest BCUT2D eigenvalue weighted by atomic mass is 19.1. The predicted octanol–water partition coefficient (Wildman–Crippen LogP) is 3.14. The quantitative estimate of drug-likeness (QED) is 0.711. The molecule has 0 fully saturated rings. The number of anilines is 1. The maximum absolute atomic E-state index is 14.5. The van der Waals surface area contributed by atoms with Crippen LogP contribution in [0.3, 0.4) is 0 Å². The Morgan fingerprint density at radius 3 is 2.81 bits per heavy atom. The van der Waals surface area contributed by atoms with E-state index in [1.165, 1.54) is 29.5 Å². The fraction of sp³-hybridized carbons (Fsp3) is 0.211. The number of amides is 1. The Hall–Kier alpha value is -3.22. The molecule has 2 aromatic carbocycles. The van der Waals surface area contributed by atoms with Gasteiger partial charge in [-0.15, -0.1) is 0 Å². The average molecular weight is 352 g/mol. The number of carbonyl (C=O) groups excluding carboxylic acids is 1. The molecule has 7 heteroatoms. The van der Waals surface area contributed by atoms with Gasteiger partial charge in [-0.25, -0.2) is 14.1 Å². The smallest absolute Gasteiger partial charge is 0.258 e. The van der Waals surface area contributed by atoms with E-state index in [1.807, 2.05) is 32.0 Å². The van der Waals surface area contributed by atoms with Gasteiger partial charge in [0.1, 0.15) is 36.0 Å². The van der Waals surface area contributed by atoms with Gasteiger partial charge in [-0.05, 0) is 49.7 Å². The number of hydrogen-bond donors (Lipinski definition) is 0. The van der Waals surface area contributed by atoms with Crippen LogP contribution in [0, 0.1) is 12.7 Å². The highest BCUT2D eigenvalue weighted by molar-refractivity contribution is 6.07. The van der Waals surface area contributed by atoms with Crippen LogP contribution >= 0.6 is 0 Å². The van der Waals surface area contributed by atoms with Crippen molar-refractivity contribution in [1.82, 2.24) is 14.8 Å². The third-order valence-corrected chi connectivity index (χ3v) is 4.28. The van der Waals surface area contributed by atoms with Crippen LogP contribution in [0.25, 0.3) is 5.69 Å². The summed E-state index contributed by atoms with van der Waals surface area (Å²) in [5, 5.41) is 3.91. The van der Waals surface area contributed by atoms with E-state index < -0.39 is 5.82 Å². The minimum atomic E-state index is -0.535. The number of halogens is 1. The molecular formula is C19H17FN4O2. The first-order chi connectivity index (χ1) is 12.5. The van der Waals surface area contributed by atoms with E-state index in [2.05, 4.69) is 10.1 Å². The molecule has 1 amide bonds. The molecule has 6 nitrogen and oxygen atoms in total. The molecule has 0 saturated carbocycles. The summed E-state index contributed by atoms with van der Waals surface area (Å²) in [6.07, 6.45) is 2.59. The summed E-state index contributed by atoms with van der Waals surface area (Å²) < 4.78 is 21.6. The largest absolute Gasteiger partial charge is 0.487 e. The fourth-order valence-corrected chi connectivity index (χ4v) is 3.05. The maximum atomic E-state index is 14.5. The Morgan fingerprint density at radius 2 is 2.08 bits per heavy atom. The minimum absolute atomic E-state index is 0.145. The van der Waals surface area contributed by atoms with Crippen molar-refractivity contribution >= 4 is 11.6 Å². The number of aryl methyl sites for hydroxylation is 1. The minimum Gasteiger partial charge on any atom is -0.487 e. The van der Waals surface area contributed by atoms with Crippen molar-refractivity contribution in [3.8, 4) is 11.4 Å². The van der Waals surface area contributed by atoms with Crippen molar-refractivity contribution in [3.63, 3.8) is 0 Å². The number of hydrogen-bond acceptors (Lipinski definition) is 4. The Kier molecular flexibility index (Phi) is 3.91. The van der Waals surface area contributed by atoms with Gasteiger partial charge in [-0.3, -0.25) is 4.79 Å². The van der Waals surface area contributed by atoms with Gasteiger partial charge in [0.25, 0.3) is 5.91 Å². The molecule has 0 radical (unpaired) electrons. The Balaban J connectivity index is 1.70. The third-order valence-electron chi connectivity index (χ3n) is 4.28. The van der Waals surface area contributed by atoms with Crippen LogP contribution in [-0.4, -0.2) is 33.3 Å². The van der Waals surface area contributed by atoms with Crippen LogP contribution < -0.4 is 9.64 Å². The molecule has 1 aromatic heterocycles. The Bertz CT molecular complexity index is 972. The van der Waals surface area contributed by atoms with Gasteiger partial charge in [0, 0.05) is 5.56 Å². The van der Waals surface area contributed by atoms with Crippen molar-refractivity contribution in [2.24, 2.45) is 0 Å². The fourth-order valence-electron chi connectivity index (χ4n) is 3.05. The molecule has 0 N–H and O–H groups in total. The second-order valence-corrected chi connectivity index (χ2v) is 6.32. The lowest BCUT2D eigenvalue weighted by molar-refractivity contribution is 0.0960. The number of benzene rings is 2. The van der Waals surface area contributed by atoms with E-state index in [1.54, 1.807) is 11.0 Å². The first kappa shape index (κ1) is 16.3. The molecule has 0 spiro atoms. The highest BCUT2D eigenvalue weighted by Crippen LogP contribution is 2.35. The van der Waals surface area contributed by atoms with Crippen LogP contribution in [0.15, 0.2) is 49.1 Å². The van der Waals surface area contributed by atoms with Gasteiger partial charge >= 0.3 is 0 Å². The molecule has 1 atom stereocenters. The van der Waals surface area contributed by atoms with Crippen LogP contribution in [0.2, 0.25) is 0 Å². The van der Waals surface area contributed by atoms with Crippen molar-refractivity contribution in [1.29, 1.82) is 0 Å². The van der Waals surface area contributed by atoms with Gasteiger partial charge in [0.15, 0.2) is 0 Å². The first-order valence-corrected chi connectivity index (χ1v) is 8.26. The van der Waals surface area contributed by atoms with Gasteiger partial charge in [0.2, 0.25) is 0 Å². The molecule has 1 aliphatic rings. The molecule has 4 rings (SSSR count). The number of carbonyl (C=O) groups is 1. The summed E-state index contributed by atoms with van der Waals surface area (Å²) >= 11 is 0. The summed E-state index contributed by atoms with van der Waals surface area (Å²) in [6, 6.07) is 10.0. The standard InChI is InChI=1S/C19H17FN4O2/c1-12-3-6-18-17(7-12)23(9-13(2)26-18)19(25)14-4-5-16(15(20)8-14)24-11-21-10-22-24/h3-8,10-11,13H,9H2,1-2H3/t13-/m1/s1. The average Bonchev–Trinajstić information content (AvgIpc) is 3.15. The molecule has 1 aliphatic heterocycles. The monoisotopic (exact) mass is 352 g/mol. The van der Waals surface area contributed by atoms with Gasteiger partial charge in [-0.1, -0.05) is 6.07 Å². The van der Waals surface area contributed by atoms with E-state index in [9.17, 15) is 9.18 Å².